The van der Waals surface area contributed by atoms with E-state index >= 15 is 0 Å². The summed E-state index contributed by atoms with van der Waals surface area (Å²) in [5.74, 6) is 0. The average molecular weight is 273 g/mol. The predicted octanol–water partition coefficient (Wildman–Crippen LogP) is -0.541. The largest absolute Gasteiger partial charge is 0.389 e. The van der Waals surface area contributed by atoms with Crippen LogP contribution in [0, 0.1) is 0 Å². The van der Waals surface area contributed by atoms with Crippen molar-refractivity contribution in [2.45, 2.75) is 32.3 Å². The number of hydrogen-bond acceptors (Lipinski definition) is 5. The van der Waals surface area contributed by atoms with Crippen LogP contribution in [-0.4, -0.2) is 45.4 Å². The second-order valence-corrected chi connectivity index (χ2v) is 8.54. The molecule has 0 aromatic heterocycles. The molecule has 0 aromatic rings. The van der Waals surface area contributed by atoms with Crippen molar-refractivity contribution >= 4 is 19.9 Å². The van der Waals surface area contributed by atoms with E-state index in [2.05, 4.69) is 4.72 Å². The summed E-state index contributed by atoms with van der Waals surface area (Å²) < 4.78 is 46.3. The molecule has 0 bridgehead atoms. The van der Waals surface area contributed by atoms with Gasteiger partial charge in [0, 0.05) is 12.8 Å². The van der Waals surface area contributed by atoms with Crippen molar-refractivity contribution in [1.29, 1.82) is 0 Å². The summed E-state index contributed by atoms with van der Waals surface area (Å²) in [4.78, 5) is 0. The summed E-state index contributed by atoms with van der Waals surface area (Å²) in [6.45, 7) is 3.18. The minimum atomic E-state index is -3.89. The molecule has 0 saturated carbocycles. The fourth-order valence-electron chi connectivity index (χ4n) is 1.22. The molecule has 0 radical (unpaired) electrons. The second kappa shape index (κ2) is 5.44. The summed E-state index contributed by atoms with van der Waals surface area (Å²) >= 11 is 0. The monoisotopic (exact) mass is 273 g/mol. The maximum Gasteiger partial charge on any atom is 0.226 e. The first kappa shape index (κ1) is 15.8. The Bertz CT molecular complexity index is 410. The third kappa shape index (κ3) is 8.03. The molecule has 6 nitrogen and oxygen atoms in total. The average Bonchev–Trinajstić information content (AvgIpc) is 1.97. The first-order valence-electron chi connectivity index (χ1n) is 4.85. The number of aliphatic hydroxyl groups is 1. The summed E-state index contributed by atoms with van der Waals surface area (Å²) in [6.07, 6.45) is 1.99. The molecule has 98 valence electrons. The zero-order valence-corrected chi connectivity index (χ0v) is 11.4. The Morgan fingerprint density at radius 1 is 1.25 bits per heavy atom. The van der Waals surface area contributed by atoms with E-state index in [4.69, 9.17) is 0 Å². The normalized spacial score (nSPS) is 17.0. The fraction of sp³-hybridized carbons (Fsp3) is 1.00. The van der Waals surface area contributed by atoms with Crippen LogP contribution in [0.3, 0.4) is 0 Å². The van der Waals surface area contributed by atoms with Crippen molar-refractivity contribution in [3.63, 3.8) is 0 Å². The van der Waals surface area contributed by atoms with E-state index < -0.39 is 30.5 Å². The van der Waals surface area contributed by atoms with Crippen molar-refractivity contribution in [2.24, 2.45) is 0 Å². The maximum atomic E-state index is 11.3. The molecule has 0 aliphatic carbocycles. The Hall–Kier alpha value is -0.180. The molecule has 0 spiro atoms. The SMILES string of the molecule is CCCC(C)(O)CNS(=O)(=O)CS(C)(=O)=O. The highest BCUT2D eigenvalue weighted by Gasteiger charge is 2.24. The molecule has 0 fully saturated rings. The minimum Gasteiger partial charge on any atom is -0.389 e. The molecule has 1 unspecified atom stereocenters. The highest BCUT2D eigenvalue weighted by Crippen LogP contribution is 2.10. The molecule has 16 heavy (non-hydrogen) atoms. The van der Waals surface area contributed by atoms with E-state index in [1.54, 1.807) is 0 Å². The van der Waals surface area contributed by atoms with E-state index in [0.29, 0.717) is 12.8 Å². The lowest BCUT2D eigenvalue weighted by Gasteiger charge is -2.22. The molecular weight excluding hydrogens is 254 g/mol. The van der Waals surface area contributed by atoms with Crippen LogP contribution < -0.4 is 4.72 Å². The highest BCUT2D eigenvalue weighted by atomic mass is 32.3. The van der Waals surface area contributed by atoms with E-state index in [1.165, 1.54) is 6.92 Å². The molecule has 0 saturated heterocycles. The molecule has 8 heteroatoms. The summed E-state index contributed by atoms with van der Waals surface area (Å²) in [5.41, 5.74) is -1.15. The van der Waals surface area contributed by atoms with Crippen LogP contribution in [-0.2, 0) is 19.9 Å². The lowest BCUT2D eigenvalue weighted by Crippen LogP contribution is -2.42. The Morgan fingerprint density at radius 3 is 2.12 bits per heavy atom. The van der Waals surface area contributed by atoms with E-state index in [1.807, 2.05) is 6.92 Å². The van der Waals surface area contributed by atoms with Gasteiger partial charge in [0.25, 0.3) is 0 Å². The number of nitrogens with one attached hydrogen (secondary N) is 1. The molecular formula is C8H19NO5S2. The van der Waals surface area contributed by atoms with Crippen LogP contribution in [0.2, 0.25) is 0 Å². The molecule has 0 heterocycles. The van der Waals surface area contributed by atoms with Crippen LogP contribution in [0.25, 0.3) is 0 Å². The molecule has 0 aliphatic rings. The van der Waals surface area contributed by atoms with Crippen LogP contribution in [0.5, 0.6) is 0 Å². The van der Waals surface area contributed by atoms with Gasteiger partial charge in [-0.3, -0.25) is 0 Å². The first-order chi connectivity index (χ1) is 6.97. The Labute approximate surface area is 97.0 Å². The van der Waals surface area contributed by atoms with Crippen LogP contribution in [0.1, 0.15) is 26.7 Å². The lowest BCUT2D eigenvalue weighted by atomic mass is 10.0. The fourth-order valence-corrected chi connectivity index (χ4v) is 4.33. The van der Waals surface area contributed by atoms with Crippen LogP contribution >= 0.6 is 0 Å². The Morgan fingerprint density at radius 2 is 1.75 bits per heavy atom. The van der Waals surface area contributed by atoms with Crippen molar-refractivity contribution in [1.82, 2.24) is 4.72 Å². The maximum absolute atomic E-state index is 11.3. The van der Waals surface area contributed by atoms with Crippen molar-refractivity contribution in [2.75, 3.05) is 17.9 Å². The first-order valence-corrected chi connectivity index (χ1v) is 8.56. The molecule has 0 aromatic carbocycles. The number of hydrogen-bond donors (Lipinski definition) is 2. The smallest absolute Gasteiger partial charge is 0.226 e. The van der Waals surface area contributed by atoms with E-state index in [0.717, 1.165) is 6.26 Å². The molecule has 1 atom stereocenters. The highest BCUT2D eigenvalue weighted by molar-refractivity contribution is 8.06. The van der Waals surface area contributed by atoms with Gasteiger partial charge in [-0.05, 0) is 13.3 Å². The van der Waals surface area contributed by atoms with Gasteiger partial charge >= 0.3 is 0 Å². The number of sulfone groups is 1. The molecule has 2 N–H and O–H groups in total. The van der Waals surface area contributed by atoms with Gasteiger partial charge in [0.15, 0.2) is 14.9 Å². The second-order valence-electron chi connectivity index (χ2n) is 4.23. The van der Waals surface area contributed by atoms with E-state index in [9.17, 15) is 21.9 Å². The molecule has 0 aliphatic heterocycles. The standard InChI is InChI=1S/C8H19NO5S2/c1-4-5-8(2,10)6-9-16(13,14)7-15(3,11)12/h9-10H,4-7H2,1-3H3. The van der Waals surface area contributed by atoms with Crippen LogP contribution in [0.4, 0.5) is 0 Å². The molecule has 0 rings (SSSR count). The van der Waals surface area contributed by atoms with Crippen LogP contribution in [0.15, 0.2) is 0 Å². The Balaban J connectivity index is 4.41. The van der Waals surface area contributed by atoms with Crippen molar-refractivity contribution < 1.29 is 21.9 Å². The number of sulfonamides is 1. The zero-order valence-electron chi connectivity index (χ0n) is 9.73. The van der Waals surface area contributed by atoms with Gasteiger partial charge in [-0.25, -0.2) is 21.6 Å². The van der Waals surface area contributed by atoms with Gasteiger partial charge < -0.3 is 5.11 Å². The van der Waals surface area contributed by atoms with Gasteiger partial charge in [-0.1, -0.05) is 13.3 Å². The third-order valence-corrected chi connectivity index (χ3v) is 5.37. The lowest BCUT2D eigenvalue weighted by molar-refractivity contribution is 0.0555. The van der Waals surface area contributed by atoms with Crippen molar-refractivity contribution in [3.05, 3.63) is 0 Å². The summed E-state index contributed by atoms with van der Waals surface area (Å²) in [6, 6.07) is 0. The predicted molar refractivity (Wildman–Crippen MR) is 62.2 cm³/mol. The van der Waals surface area contributed by atoms with Gasteiger partial charge in [-0.2, -0.15) is 0 Å². The summed E-state index contributed by atoms with van der Waals surface area (Å²) in [7, 11) is -7.48. The van der Waals surface area contributed by atoms with Gasteiger partial charge in [0.2, 0.25) is 10.0 Å². The van der Waals surface area contributed by atoms with Gasteiger partial charge in [-0.15, -0.1) is 0 Å². The zero-order chi connectivity index (χ0) is 13.0. The molecule has 0 amide bonds. The van der Waals surface area contributed by atoms with E-state index in [-0.39, 0.29) is 6.54 Å². The quantitative estimate of drug-likeness (QED) is 0.649. The number of rotatable bonds is 7. The summed E-state index contributed by atoms with van der Waals surface area (Å²) in [5, 5.41) is 8.74. The minimum absolute atomic E-state index is 0.182. The third-order valence-electron chi connectivity index (χ3n) is 1.83. The van der Waals surface area contributed by atoms with Gasteiger partial charge in [0.1, 0.15) is 0 Å². The Kier molecular flexibility index (Phi) is 5.37. The van der Waals surface area contributed by atoms with Crippen molar-refractivity contribution in [3.8, 4) is 0 Å². The van der Waals surface area contributed by atoms with Gasteiger partial charge in [0.05, 0.1) is 5.60 Å². The topological polar surface area (TPSA) is 101 Å².